The highest BCUT2D eigenvalue weighted by molar-refractivity contribution is 5.72. The monoisotopic (exact) mass is 902 g/mol. The number of hydrogen-bond donors (Lipinski definition) is 0. The summed E-state index contributed by atoms with van der Waals surface area (Å²) in [6.07, 6.45) is 17.4. The van der Waals surface area contributed by atoms with Gasteiger partial charge < -0.3 is 67.2 Å². The Hall–Kier alpha value is -2.80. The van der Waals surface area contributed by atoms with Crippen molar-refractivity contribution in [2.45, 2.75) is 54.6 Å². The molecule has 0 unspecified atom stereocenters. The summed E-state index contributed by atoms with van der Waals surface area (Å²) in [6, 6.07) is 21.9. The first-order valence-corrected chi connectivity index (χ1v) is 17.6. The zero-order valence-electron chi connectivity index (χ0n) is 30.8. The molecule has 6 nitrogen and oxygen atoms in total. The molecule has 0 saturated carbocycles. The molecular weight excluding hydrogens is 846 g/mol. The molecule has 50 heavy (non-hydrogen) atoms. The van der Waals surface area contributed by atoms with E-state index in [0.29, 0.717) is 26.4 Å². The van der Waals surface area contributed by atoms with E-state index in [0.717, 1.165) is 39.3 Å². The lowest BCUT2D eigenvalue weighted by molar-refractivity contribution is -0.699. The molecule has 0 saturated heterocycles. The number of nitrogens with zero attached hydrogens (tertiary/aromatic N) is 4. The van der Waals surface area contributed by atoms with Crippen LogP contribution in [0.15, 0.2) is 85.5 Å². The van der Waals surface area contributed by atoms with Crippen molar-refractivity contribution in [2.75, 3.05) is 62.4 Å². The Morgan fingerprint density at radius 1 is 0.500 bits per heavy atom. The standard InChI is InChI=1S/C42H56N4O2.2HI/c1-7-45(8-2)41-19-13-37(14-20-41)11-17-39-23-25-43(33-35(39)5)27-29-47-31-32-48-30-28-44-26-24-40(36(6)34-44)18-12-38-15-21-42(22-16-38)46(9-3)10-4;;/h11-26,33-34H,7-10,27-32H2,1-6H3;2*1H/q+2;;/p-2. The average molecular weight is 903 g/mol. The van der Waals surface area contributed by atoms with Gasteiger partial charge in [0.1, 0.15) is 13.2 Å². The van der Waals surface area contributed by atoms with Gasteiger partial charge in [-0.3, -0.25) is 0 Å². The Bertz CT molecular complexity index is 1480. The number of aryl methyl sites for hydroxylation is 2. The van der Waals surface area contributed by atoms with Gasteiger partial charge in [-0.15, -0.1) is 0 Å². The largest absolute Gasteiger partial charge is 1.00 e. The Morgan fingerprint density at radius 2 is 0.860 bits per heavy atom. The Morgan fingerprint density at radius 3 is 1.18 bits per heavy atom. The maximum atomic E-state index is 5.86. The zero-order valence-corrected chi connectivity index (χ0v) is 35.1. The van der Waals surface area contributed by atoms with E-state index < -0.39 is 0 Å². The number of ether oxygens (including phenoxy) is 2. The molecule has 0 aliphatic heterocycles. The maximum Gasteiger partial charge on any atom is 0.172 e. The number of aromatic nitrogens is 2. The van der Waals surface area contributed by atoms with E-state index in [4.69, 9.17) is 9.47 Å². The summed E-state index contributed by atoms with van der Waals surface area (Å²) < 4.78 is 16.1. The van der Waals surface area contributed by atoms with E-state index in [-0.39, 0.29) is 48.0 Å². The quantitative estimate of drug-likeness (QED) is 0.0816. The molecule has 0 atom stereocenters. The second kappa shape index (κ2) is 23.6. The summed E-state index contributed by atoms with van der Waals surface area (Å²) in [7, 11) is 0. The van der Waals surface area contributed by atoms with Crippen molar-refractivity contribution in [3.8, 4) is 0 Å². The molecule has 0 spiro atoms. The highest BCUT2D eigenvalue weighted by atomic mass is 127. The van der Waals surface area contributed by atoms with Crippen LogP contribution >= 0.6 is 0 Å². The second-order valence-electron chi connectivity index (χ2n) is 12.1. The van der Waals surface area contributed by atoms with E-state index in [1.165, 1.54) is 44.8 Å². The molecular formula is C42H56I2N4O2. The zero-order chi connectivity index (χ0) is 34.1. The molecule has 270 valence electrons. The van der Waals surface area contributed by atoms with Crippen LogP contribution in [-0.4, -0.2) is 52.6 Å². The van der Waals surface area contributed by atoms with Crippen molar-refractivity contribution >= 4 is 35.7 Å². The highest BCUT2D eigenvalue weighted by Crippen LogP contribution is 2.18. The molecule has 0 aliphatic rings. The number of benzene rings is 2. The van der Waals surface area contributed by atoms with Gasteiger partial charge in [-0.25, -0.2) is 9.13 Å². The summed E-state index contributed by atoms with van der Waals surface area (Å²) in [5.74, 6) is 0. The summed E-state index contributed by atoms with van der Waals surface area (Å²) in [5, 5.41) is 0. The molecule has 0 aliphatic carbocycles. The first-order valence-electron chi connectivity index (χ1n) is 17.6. The molecule has 0 amide bonds. The van der Waals surface area contributed by atoms with Gasteiger partial charge in [-0.05, 0) is 88.1 Å². The van der Waals surface area contributed by atoms with Crippen LogP contribution in [0.2, 0.25) is 0 Å². The molecule has 8 heteroatoms. The fourth-order valence-electron chi connectivity index (χ4n) is 5.80. The lowest BCUT2D eigenvalue weighted by Crippen LogP contribution is -3.00. The van der Waals surface area contributed by atoms with Crippen LogP contribution in [0.4, 0.5) is 11.4 Å². The lowest BCUT2D eigenvalue weighted by Gasteiger charge is -2.20. The van der Waals surface area contributed by atoms with Gasteiger partial charge in [-0.1, -0.05) is 48.6 Å². The van der Waals surface area contributed by atoms with Crippen LogP contribution in [-0.2, 0) is 22.6 Å². The summed E-state index contributed by atoms with van der Waals surface area (Å²) in [4.78, 5) is 4.72. The van der Waals surface area contributed by atoms with E-state index in [2.05, 4.69) is 170 Å². The lowest BCUT2D eigenvalue weighted by atomic mass is 10.1. The van der Waals surface area contributed by atoms with E-state index >= 15 is 0 Å². The molecule has 4 aromatic rings. The summed E-state index contributed by atoms with van der Waals surface area (Å²) >= 11 is 0. The van der Waals surface area contributed by atoms with Crippen LogP contribution in [0, 0.1) is 13.8 Å². The number of pyridine rings is 2. The van der Waals surface area contributed by atoms with Gasteiger partial charge in [0, 0.05) is 60.8 Å². The molecule has 2 heterocycles. The molecule has 0 bridgehead atoms. The van der Waals surface area contributed by atoms with Gasteiger partial charge in [-0.2, -0.15) is 0 Å². The predicted molar refractivity (Wildman–Crippen MR) is 202 cm³/mol. The first-order chi connectivity index (χ1) is 23.4. The van der Waals surface area contributed by atoms with Crippen molar-refractivity contribution in [3.63, 3.8) is 0 Å². The topological polar surface area (TPSA) is 32.7 Å². The molecule has 2 aromatic heterocycles. The predicted octanol–water partition coefficient (Wildman–Crippen LogP) is 1.65. The Kier molecular flexibility index (Phi) is 20.5. The minimum atomic E-state index is 0. The van der Waals surface area contributed by atoms with Crippen LogP contribution in [0.3, 0.4) is 0 Å². The van der Waals surface area contributed by atoms with Crippen molar-refractivity contribution in [1.82, 2.24) is 0 Å². The van der Waals surface area contributed by atoms with Gasteiger partial charge in [0.25, 0.3) is 0 Å². The normalized spacial score (nSPS) is 11.1. The first kappa shape index (κ1) is 43.4. The van der Waals surface area contributed by atoms with Crippen LogP contribution < -0.4 is 66.9 Å². The van der Waals surface area contributed by atoms with Gasteiger partial charge in [0.05, 0.1) is 13.2 Å². The molecule has 0 fully saturated rings. The van der Waals surface area contributed by atoms with Gasteiger partial charge in [0.15, 0.2) is 37.9 Å². The van der Waals surface area contributed by atoms with Crippen molar-refractivity contribution in [3.05, 3.63) is 119 Å². The van der Waals surface area contributed by atoms with Gasteiger partial charge >= 0.3 is 0 Å². The third-order valence-corrected chi connectivity index (χ3v) is 8.83. The fourth-order valence-corrected chi connectivity index (χ4v) is 5.80. The van der Waals surface area contributed by atoms with Crippen LogP contribution in [0.5, 0.6) is 0 Å². The third kappa shape index (κ3) is 13.7. The van der Waals surface area contributed by atoms with E-state index in [1.54, 1.807) is 0 Å². The SMILES string of the molecule is CCN(CC)c1ccc(/C=C/c2cc[n+](CCOCCOCC[n+]3ccc(/C=C/c4ccc(N(CC)CC)cc4)c(C)c3)cc2C)cc1.[I-].[I-]. The molecule has 2 aromatic carbocycles. The second-order valence-corrected chi connectivity index (χ2v) is 12.1. The van der Waals surface area contributed by atoms with Crippen LogP contribution in [0.1, 0.15) is 61.1 Å². The van der Waals surface area contributed by atoms with Crippen LogP contribution in [0.25, 0.3) is 24.3 Å². The smallest absolute Gasteiger partial charge is 0.172 e. The minimum Gasteiger partial charge on any atom is -1.00 e. The number of halogens is 2. The molecule has 0 N–H and O–H groups in total. The fraction of sp³-hybridized carbons (Fsp3) is 0.381. The Labute approximate surface area is 335 Å². The molecule has 4 rings (SSSR count). The van der Waals surface area contributed by atoms with Crippen molar-refractivity contribution in [2.24, 2.45) is 0 Å². The summed E-state index contributed by atoms with van der Waals surface area (Å²) in [6.45, 7) is 21.3. The van der Waals surface area contributed by atoms with Gasteiger partial charge in [0.2, 0.25) is 0 Å². The number of hydrogen-bond acceptors (Lipinski definition) is 4. The highest BCUT2D eigenvalue weighted by Gasteiger charge is 2.07. The maximum absolute atomic E-state index is 5.86. The van der Waals surface area contributed by atoms with Crippen molar-refractivity contribution in [1.29, 1.82) is 0 Å². The third-order valence-electron chi connectivity index (χ3n) is 8.83. The number of anilines is 2. The summed E-state index contributed by atoms with van der Waals surface area (Å²) in [5.41, 5.74) is 9.91. The van der Waals surface area contributed by atoms with Crippen molar-refractivity contribution < 1.29 is 66.6 Å². The van der Waals surface area contributed by atoms with E-state index in [9.17, 15) is 0 Å². The number of rotatable bonds is 19. The average Bonchev–Trinajstić information content (AvgIpc) is 3.11. The van der Waals surface area contributed by atoms with E-state index in [1.807, 2.05) is 0 Å². The minimum absolute atomic E-state index is 0. The Balaban J connectivity index is 0.00000433. The molecule has 0 radical (unpaired) electrons.